The van der Waals surface area contributed by atoms with Crippen molar-refractivity contribution in [2.24, 2.45) is 0 Å². The van der Waals surface area contributed by atoms with E-state index in [1.54, 1.807) is 24.3 Å². The van der Waals surface area contributed by atoms with Crippen molar-refractivity contribution in [3.8, 4) is 22.9 Å². The van der Waals surface area contributed by atoms with Crippen LogP contribution in [-0.2, 0) is 0 Å². The Hall–Kier alpha value is -3.09. The Kier molecular flexibility index (Phi) is 2.92. The van der Waals surface area contributed by atoms with Crippen molar-refractivity contribution in [1.82, 2.24) is 20.4 Å². The Morgan fingerprint density at radius 1 is 1.05 bits per heavy atom. The number of rotatable bonds is 3. The second-order valence-corrected chi connectivity index (χ2v) is 3.89. The minimum atomic E-state index is -1.05. The van der Waals surface area contributed by atoms with Gasteiger partial charge in [0.05, 0.1) is 29.1 Å². The third kappa shape index (κ3) is 2.12. The average molecular weight is 268 g/mol. The fraction of sp³-hybridized carbons (Fsp3) is 0. The lowest BCUT2D eigenvalue weighted by Gasteiger charge is -2.00. The number of carboxylic acids is 1. The van der Waals surface area contributed by atoms with Crippen LogP contribution in [0.2, 0.25) is 0 Å². The molecule has 0 bridgehead atoms. The maximum atomic E-state index is 11.2. The number of aromatic carboxylic acids is 1. The third-order valence-corrected chi connectivity index (χ3v) is 2.64. The number of carboxylic acid groups (broad SMARTS) is 1. The normalized spacial score (nSPS) is 10.4. The summed E-state index contributed by atoms with van der Waals surface area (Å²) in [7, 11) is 0. The Labute approximate surface area is 112 Å². The Morgan fingerprint density at radius 3 is 2.60 bits per heavy atom. The van der Waals surface area contributed by atoms with E-state index >= 15 is 0 Å². The van der Waals surface area contributed by atoms with Crippen molar-refractivity contribution in [3.05, 3.63) is 48.3 Å². The van der Waals surface area contributed by atoms with E-state index in [1.165, 1.54) is 18.5 Å². The van der Waals surface area contributed by atoms with Crippen LogP contribution in [0.3, 0.4) is 0 Å². The highest BCUT2D eigenvalue weighted by Gasteiger charge is 2.17. The van der Waals surface area contributed by atoms with Crippen molar-refractivity contribution < 1.29 is 14.3 Å². The molecule has 98 valence electrons. The zero-order valence-corrected chi connectivity index (χ0v) is 10.1. The molecule has 2 heterocycles. The van der Waals surface area contributed by atoms with E-state index in [0.717, 1.165) is 0 Å². The van der Waals surface area contributed by atoms with Crippen LogP contribution in [0.5, 0.6) is 0 Å². The van der Waals surface area contributed by atoms with Crippen molar-refractivity contribution in [1.29, 1.82) is 0 Å². The average Bonchev–Trinajstić information content (AvgIpc) is 2.98. The molecule has 7 nitrogen and oxygen atoms in total. The highest BCUT2D eigenvalue weighted by atomic mass is 16.4. The number of aromatic nitrogens is 4. The fourth-order valence-corrected chi connectivity index (χ4v) is 1.72. The summed E-state index contributed by atoms with van der Waals surface area (Å²) in [4.78, 5) is 11.2. The zero-order chi connectivity index (χ0) is 13.9. The number of hydrogen-bond acceptors (Lipinski definition) is 6. The lowest BCUT2D eigenvalue weighted by Crippen LogP contribution is -1.98. The molecule has 3 aromatic rings. The smallest absolute Gasteiger partial charge is 0.336 e. The summed E-state index contributed by atoms with van der Waals surface area (Å²) in [5, 5.41) is 24.3. The van der Waals surface area contributed by atoms with Crippen LogP contribution in [0.15, 0.2) is 47.1 Å². The SMILES string of the molecule is O=C(O)c1ccccc1-c1nnc(-c2ccnnc2)o1. The molecule has 1 aromatic carbocycles. The van der Waals surface area contributed by atoms with Crippen molar-refractivity contribution >= 4 is 5.97 Å². The van der Waals surface area contributed by atoms with Gasteiger partial charge in [0, 0.05) is 0 Å². The summed E-state index contributed by atoms with van der Waals surface area (Å²) in [6.07, 6.45) is 2.99. The molecule has 2 aromatic heterocycles. The number of nitrogens with zero attached hydrogens (tertiary/aromatic N) is 4. The number of carbonyl (C=O) groups is 1. The number of benzene rings is 1. The second kappa shape index (κ2) is 4.88. The summed E-state index contributed by atoms with van der Waals surface area (Å²) < 4.78 is 5.49. The molecule has 0 aliphatic heterocycles. The van der Waals surface area contributed by atoms with E-state index in [9.17, 15) is 4.79 Å². The Bertz CT molecular complexity index is 755. The largest absolute Gasteiger partial charge is 0.478 e. The van der Waals surface area contributed by atoms with E-state index in [0.29, 0.717) is 11.1 Å². The summed E-state index contributed by atoms with van der Waals surface area (Å²) >= 11 is 0. The minimum Gasteiger partial charge on any atom is -0.478 e. The lowest BCUT2D eigenvalue weighted by molar-refractivity contribution is 0.0697. The molecular formula is C13H8N4O3. The second-order valence-electron chi connectivity index (χ2n) is 3.89. The molecule has 0 aliphatic rings. The van der Waals surface area contributed by atoms with Crippen LogP contribution >= 0.6 is 0 Å². The molecular weight excluding hydrogens is 260 g/mol. The first kappa shape index (κ1) is 12.0. The van der Waals surface area contributed by atoms with Gasteiger partial charge in [0.25, 0.3) is 0 Å². The van der Waals surface area contributed by atoms with Gasteiger partial charge in [-0.15, -0.1) is 10.2 Å². The monoisotopic (exact) mass is 268 g/mol. The maximum absolute atomic E-state index is 11.2. The van der Waals surface area contributed by atoms with Crippen molar-refractivity contribution in [3.63, 3.8) is 0 Å². The predicted octanol–water partition coefficient (Wildman–Crippen LogP) is 1.89. The fourth-order valence-electron chi connectivity index (χ4n) is 1.72. The molecule has 1 N–H and O–H groups in total. The van der Waals surface area contributed by atoms with E-state index in [4.69, 9.17) is 9.52 Å². The first-order chi connectivity index (χ1) is 9.75. The van der Waals surface area contributed by atoms with Gasteiger partial charge in [0.15, 0.2) is 0 Å². The van der Waals surface area contributed by atoms with Crippen molar-refractivity contribution in [2.75, 3.05) is 0 Å². The Morgan fingerprint density at radius 2 is 1.85 bits per heavy atom. The molecule has 0 spiro atoms. The molecule has 0 saturated carbocycles. The van der Waals surface area contributed by atoms with Gasteiger partial charge < -0.3 is 9.52 Å². The van der Waals surface area contributed by atoms with E-state index in [-0.39, 0.29) is 17.3 Å². The molecule has 0 amide bonds. The number of hydrogen-bond donors (Lipinski definition) is 1. The quantitative estimate of drug-likeness (QED) is 0.773. The van der Waals surface area contributed by atoms with Gasteiger partial charge in [-0.05, 0) is 18.2 Å². The predicted molar refractivity (Wildman–Crippen MR) is 67.7 cm³/mol. The summed E-state index contributed by atoms with van der Waals surface area (Å²) in [5.41, 5.74) is 1.10. The molecule has 0 fully saturated rings. The zero-order valence-electron chi connectivity index (χ0n) is 10.1. The maximum Gasteiger partial charge on any atom is 0.336 e. The molecule has 0 atom stereocenters. The van der Waals surface area contributed by atoms with Gasteiger partial charge in [-0.1, -0.05) is 12.1 Å². The first-order valence-corrected chi connectivity index (χ1v) is 5.69. The van der Waals surface area contributed by atoms with Gasteiger partial charge in [0.2, 0.25) is 11.8 Å². The van der Waals surface area contributed by atoms with Crippen LogP contribution in [0.4, 0.5) is 0 Å². The molecule has 0 radical (unpaired) electrons. The van der Waals surface area contributed by atoms with E-state index < -0.39 is 5.97 Å². The first-order valence-electron chi connectivity index (χ1n) is 5.69. The van der Waals surface area contributed by atoms with Crippen LogP contribution in [-0.4, -0.2) is 31.5 Å². The van der Waals surface area contributed by atoms with Crippen LogP contribution < -0.4 is 0 Å². The Balaban J connectivity index is 2.05. The molecule has 20 heavy (non-hydrogen) atoms. The van der Waals surface area contributed by atoms with Crippen LogP contribution in [0.25, 0.3) is 22.9 Å². The van der Waals surface area contributed by atoms with E-state index in [2.05, 4.69) is 20.4 Å². The van der Waals surface area contributed by atoms with Gasteiger partial charge in [0.1, 0.15) is 0 Å². The topological polar surface area (TPSA) is 102 Å². The lowest BCUT2D eigenvalue weighted by atomic mass is 10.1. The summed E-state index contributed by atoms with van der Waals surface area (Å²) in [6, 6.07) is 8.12. The molecule has 0 unspecified atom stereocenters. The van der Waals surface area contributed by atoms with Gasteiger partial charge in [-0.25, -0.2) is 4.79 Å². The highest BCUT2D eigenvalue weighted by molar-refractivity contribution is 5.94. The molecule has 0 saturated heterocycles. The standard InChI is InChI=1S/C13H8N4O3/c18-13(19)10-4-2-1-3-9(10)12-17-16-11(20-12)8-5-6-14-15-7-8/h1-7H,(H,18,19). The minimum absolute atomic E-state index is 0.107. The highest BCUT2D eigenvalue weighted by Crippen LogP contribution is 2.25. The molecule has 3 rings (SSSR count). The third-order valence-electron chi connectivity index (χ3n) is 2.64. The molecule has 7 heteroatoms. The van der Waals surface area contributed by atoms with Gasteiger partial charge >= 0.3 is 5.97 Å². The van der Waals surface area contributed by atoms with Gasteiger partial charge in [-0.2, -0.15) is 10.2 Å². The van der Waals surface area contributed by atoms with Crippen molar-refractivity contribution in [2.45, 2.75) is 0 Å². The van der Waals surface area contributed by atoms with Crippen LogP contribution in [0, 0.1) is 0 Å². The van der Waals surface area contributed by atoms with E-state index in [1.807, 2.05) is 0 Å². The molecule has 0 aliphatic carbocycles. The van der Waals surface area contributed by atoms with Gasteiger partial charge in [-0.3, -0.25) is 0 Å². The van der Waals surface area contributed by atoms with Crippen LogP contribution in [0.1, 0.15) is 10.4 Å². The summed E-state index contributed by atoms with van der Waals surface area (Å²) in [5.74, 6) is -0.643. The summed E-state index contributed by atoms with van der Waals surface area (Å²) in [6.45, 7) is 0.